The molecule has 0 aliphatic rings. The molecule has 1 aromatic carbocycles. The number of nitro groups is 1. The Morgan fingerprint density at radius 3 is 2.76 bits per heavy atom. The van der Waals surface area contributed by atoms with E-state index in [1.165, 1.54) is 16.9 Å². The van der Waals surface area contributed by atoms with Gasteiger partial charge in [-0.05, 0) is 23.4 Å². The minimum atomic E-state index is -0.525. The smallest absolute Gasteiger partial charge is 0.258 e. The molecule has 21 heavy (non-hydrogen) atoms. The van der Waals surface area contributed by atoms with E-state index in [1.54, 1.807) is 24.3 Å². The van der Waals surface area contributed by atoms with E-state index in [1.807, 2.05) is 0 Å². The summed E-state index contributed by atoms with van der Waals surface area (Å²) < 4.78 is 0. The van der Waals surface area contributed by atoms with Crippen molar-refractivity contribution in [3.05, 3.63) is 57.7 Å². The van der Waals surface area contributed by atoms with Crippen LogP contribution in [0.3, 0.4) is 0 Å². The Balaban J connectivity index is 1.93. The molecule has 0 aliphatic carbocycles. The summed E-state index contributed by atoms with van der Waals surface area (Å²) in [5.74, 6) is 0.721. The van der Waals surface area contributed by atoms with Crippen molar-refractivity contribution in [2.45, 2.75) is 0 Å². The molecule has 104 valence electrons. The molecule has 0 atom stereocenters. The number of benzene rings is 1. The first-order valence-corrected chi connectivity index (χ1v) is 6.18. The van der Waals surface area contributed by atoms with Crippen LogP contribution in [0.1, 0.15) is 0 Å². The predicted molar refractivity (Wildman–Crippen MR) is 74.0 cm³/mol. The van der Waals surface area contributed by atoms with Gasteiger partial charge < -0.3 is 0 Å². The molecule has 0 aliphatic heterocycles. The second kappa shape index (κ2) is 5.25. The van der Waals surface area contributed by atoms with Crippen molar-refractivity contribution >= 4 is 17.3 Å². The van der Waals surface area contributed by atoms with Crippen molar-refractivity contribution < 1.29 is 4.92 Å². The fourth-order valence-corrected chi connectivity index (χ4v) is 1.85. The lowest BCUT2D eigenvalue weighted by Crippen LogP contribution is -2.02. The molecule has 3 aromatic rings. The van der Waals surface area contributed by atoms with Gasteiger partial charge >= 0.3 is 0 Å². The van der Waals surface area contributed by atoms with Gasteiger partial charge in [0.25, 0.3) is 5.69 Å². The van der Waals surface area contributed by atoms with Crippen LogP contribution < -0.4 is 0 Å². The van der Waals surface area contributed by atoms with Gasteiger partial charge in [0.05, 0.1) is 4.92 Å². The van der Waals surface area contributed by atoms with E-state index >= 15 is 0 Å². The highest BCUT2D eigenvalue weighted by molar-refractivity contribution is 6.30. The van der Waals surface area contributed by atoms with Crippen molar-refractivity contribution in [2.75, 3.05) is 0 Å². The van der Waals surface area contributed by atoms with Crippen molar-refractivity contribution in [1.82, 2.24) is 25.2 Å². The van der Waals surface area contributed by atoms with Crippen LogP contribution in [0.25, 0.3) is 17.2 Å². The Kier molecular flexibility index (Phi) is 3.28. The highest BCUT2D eigenvalue weighted by atomic mass is 35.5. The van der Waals surface area contributed by atoms with Crippen LogP contribution in [0.5, 0.6) is 0 Å². The molecule has 0 unspecified atom stereocenters. The van der Waals surface area contributed by atoms with E-state index in [4.69, 9.17) is 11.6 Å². The highest BCUT2D eigenvalue weighted by Gasteiger charge is 2.10. The van der Waals surface area contributed by atoms with Crippen LogP contribution in [0, 0.1) is 10.1 Å². The van der Waals surface area contributed by atoms with Crippen molar-refractivity contribution in [3.63, 3.8) is 0 Å². The van der Waals surface area contributed by atoms with Gasteiger partial charge in [-0.1, -0.05) is 23.7 Å². The number of rotatable bonds is 3. The van der Waals surface area contributed by atoms with Crippen molar-refractivity contribution in [2.24, 2.45) is 0 Å². The predicted octanol–water partition coefficient (Wildman–Crippen LogP) is 2.29. The van der Waals surface area contributed by atoms with Crippen LogP contribution in [0.15, 0.2) is 42.6 Å². The van der Waals surface area contributed by atoms with E-state index in [0.717, 1.165) is 11.8 Å². The molecule has 9 heteroatoms. The minimum Gasteiger partial charge on any atom is -0.258 e. The molecule has 0 bridgehead atoms. The van der Waals surface area contributed by atoms with Crippen molar-refractivity contribution in [3.8, 4) is 17.2 Å². The third-order valence-corrected chi connectivity index (χ3v) is 2.88. The van der Waals surface area contributed by atoms with E-state index < -0.39 is 4.92 Å². The van der Waals surface area contributed by atoms with Crippen LogP contribution in [-0.2, 0) is 0 Å². The molecule has 2 heterocycles. The summed E-state index contributed by atoms with van der Waals surface area (Å²) in [6.07, 6.45) is 1.14. The number of pyridine rings is 1. The van der Waals surface area contributed by atoms with Crippen LogP contribution in [0.2, 0.25) is 5.02 Å². The average molecular weight is 303 g/mol. The highest BCUT2D eigenvalue weighted by Crippen LogP contribution is 2.19. The number of aromatic nitrogens is 5. The summed E-state index contributed by atoms with van der Waals surface area (Å²) in [4.78, 5) is 15.2. The first kappa shape index (κ1) is 13.1. The lowest BCUT2D eigenvalue weighted by Gasteiger charge is -1.97. The molecular weight excluding hydrogens is 296 g/mol. The van der Waals surface area contributed by atoms with Gasteiger partial charge in [0.15, 0.2) is 5.82 Å². The molecular formula is C12H7ClN6O2. The Bertz CT molecular complexity index is 802. The zero-order chi connectivity index (χ0) is 14.8. The topological polar surface area (TPSA) is 99.6 Å². The lowest BCUT2D eigenvalue weighted by atomic mass is 10.2. The number of nitrogens with zero attached hydrogens (tertiary/aromatic N) is 6. The maximum Gasteiger partial charge on any atom is 0.287 e. The normalized spacial score (nSPS) is 10.5. The van der Waals surface area contributed by atoms with E-state index in [0.29, 0.717) is 16.7 Å². The quantitative estimate of drug-likeness (QED) is 0.543. The number of hydrogen-bond acceptors (Lipinski definition) is 6. The minimum absolute atomic E-state index is 0.103. The molecule has 8 nitrogen and oxygen atoms in total. The second-order valence-electron chi connectivity index (χ2n) is 4.04. The Morgan fingerprint density at radius 1 is 1.24 bits per heavy atom. The van der Waals surface area contributed by atoms with Crippen LogP contribution >= 0.6 is 11.6 Å². The first-order valence-electron chi connectivity index (χ1n) is 5.80. The van der Waals surface area contributed by atoms with E-state index in [2.05, 4.69) is 20.4 Å². The van der Waals surface area contributed by atoms with Crippen molar-refractivity contribution in [1.29, 1.82) is 0 Å². The molecule has 0 N–H and O–H groups in total. The Hall–Kier alpha value is -2.87. The van der Waals surface area contributed by atoms with Gasteiger partial charge in [-0.3, -0.25) is 10.1 Å². The van der Waals surface area contributed by atoms with Crippen LogP contribution in [0.4, 0.5) is 5.69 Å². The molecule has 0 amide bonds. The summed E-state index contributed by atoms with van der Waals surface area (Å²) in [6.45, 7) is 0. The maximum absolute atomic E-state index is 10.6. The lowest BCUT2D eigenvalue weighted by molar-refractivity contribution is -0.385. The van der Waals surface area contributed by atoms with Gasteiger partial charge in [0, 0.05) is 16.7 Å². The number of halogens is 1. The summed E-state index contributed by atoms with van der Waals surface area (Å²) >= 11 is 5.91. The standard InChI is InChI=1S/C12H7ClN6O2/c13-9-3-1-2-8(6-9)12-15-17-18(16-12)11-5-4-10(7-14-11)19(20)21/h1-7H. The largest absolute Gasteiger partial charge is 0.287 e. The Labute approximate surface area is 123 Å². The van der Waals surface area contributed by atoms with Gasteiger partial charge in [-0.2, -0.15) is 0 Å². The fraction of sp³-hybridized carbons (Fsp3) is 0. The van der Waals surface area contributed by atoms with Crippen LogP contribution in [-0.4, -0.2) is 30.1 Å². The zero-order valence-electron chi connectivity index (χ0n) is 10.4. The molecule has 0 spiro atoms. The van der Waals surface area contributed by atoms with Gasteiger partial charge in [0.1, 0.15) is 6.20 Å². The molecule has 2 aromatic heterocycles. The van der Waals surface area contributed by atoms with Gasteiger partial charge in [0.2, 0.25) is 5.82 Å². The second-order valence-corrected chi connectivity index (χ2v) is 4.48. The zero-order valence-corrected chi connectivity index (χ0v) is 11.2. The number of tetrazole rings is 1. The van der Waals surface area contributed by atoms with E-state index in [9.17, 15) is 10.1 Å². The molecule has 0 fully saturated rings. The molecule has 0 radical (unpaired) electrons. The third-order valence-electron chi connectivity index (χ3n) is 2.64. The fourth-order valence-electron chi connectivity index (χ4n) is 1.66. The third kappa shape index (κ3) is 2.70. The molecule has 0 saturated heterocycles. The summed E-state index contributed by atoms with van der Waals surface area (Å²) in [7, 11) is 0. The maximum atomic E-state index is 10.6. The first-order chi connectivity index (χ1) is 10.1. The summed E-state index contributed by atoms with van der Waals surface area (Å²) in [5.41, 5.74) is 0.615. The molecule has 0 saturated carbocycles. The van der Waals surface area contributed by atoms with E-state index in [-0.39, 0.29) is 5.69 Å². The monoisotopic (exact) mass is 302 g/mol. The summed E-state index contributed by atoms with van der Waals surface area (Å²) in [6, 6.07) is 9.81. The Morgan fingerprint density at radius 2 is 2.10 bits per heavy atom. The van der Waals surface area contributed by atoms with Gasteiger partial charge in [-0.15, -0.1) is 15.0 Å². The van der Waals surface area contributed by atoms with Gasteiger partial charge in [-0.25, -0.2) is 4.98 Å². The number of hydrogen-bond donors (Lipinski definition) is 0. The SMILES string of the molecule is O=[N+]([O-])c1ccc(-n2nnc(-c3cccc(Cl)c3)n2)nc1. The molecule has 3 rings (SSSR count). The summed E-state index contributed by atoms with van der Waals surface area (Å²) in [5, 5.41) is 23.1. The average Bonchev–Trinajstić information content (AvgIpc) is 2.97.